The standard InChI is InChI=1S/C18H15BrN4O3/c1-26-14-5-2-11(3-6-14)15-9-16(22-21-15)18(25)23-20-10-12-8-13(19)4-7-17(12)24/h2-10,24H,1H3,(H,21,22)(H,23,25)/b20-10-. The fourth-order valence-electron chi connectivity index (χ4n) is 2.20. The van der Waals surface area contributed by atoms with Gasteiger partial charge >= 0.3 is 0 Å². The van der Waals surface area contributed by atoms with E-state index in [1.54, 1.807) is 25.3 Å². The van der Waals surface area contributed by atoms with E-state index in [2.05, 4.69) is 36.7 Å². The van der Waals surface area contributed by atoms with Gasteiger partial charge in [-0.2, -0.15) is 10.2 Å². The quantitative estimate of drug-likeness (QED) is 0.440. The summed E-state index contributed by atoms with van der Waals surface area (Å²) in [5, 5.41) is 20.4. The number of H-pyrrole nitrogens is 1. The minimum Gasteiger partial charge on any atom is -0.507 e. The van der Waals surface area contributed by atoms with Crippen LogP contribution >= 0.6 is 15.9 Å². The number of aromatic nitrogens is 2. The van der Waals surface area contributed by atoms with Crippen LogP contribution in [0.5, 0.6) is 11.5 Å². The molecule has 3 rings (SSSR count). The van der Waals surface area contributed by atoms with Crippen molar-refractivity contribution in [1.82, 2.24) is 15.6 Å². The number of amides is 1. The highest BCUT2D eigenvalue weighted by atomic mass is 79.9. The second-order valence-corrected chi connectivity index (χ2v) is 6.21. The van der Waals surface area contributed by atoms with E-state index in [1.807, 2.05) is 24.3 Å². The summed E-state index contributed by atoms with van der Waals surface area (Å²) in [6.07, 6.45) is 1.36. The van der Waals surface area contributed by atoms with Crippen LogP contribution in [0.1, 0.15) is 16.1 Å². The second-order valence-electron chi connectivity index (χ2n) is 5.30. The Bertz CT molecular complexity index is 951. The van der Waals surface area contributed by atoms with Crippen LogP contribution in [0, 0.1) is 0 Å². The molecule has 7 nitrogen and oxygen atoms in total. The number of ether oxygens (including phenoxy) is 1. The number of hydrogen-bond acceptors (Lipinski definition) is 5. The van der Waals surface area contributed by atoms with Crippen molar-refractivity contribution in [2.75, 3.05) is 7.11 Å². The number of hydrazone groups is 1. The zero-order chi connectivity index (χ0) is 18.5. The Morgan fingerprint density at radius 1 is 1.27 bits per heavy atom. The molecule has 0 aliphatic carbocycles. The highest BCUT2D eigenvalue weighted by Crippen LogP contribution is 2.21. The Labute approximate surface area is 157 Å². The van der Waals surface area contributed by atoms with Gasteiger partial charge in [0.25, 0.3) is 5.91 Å². The molecular formula is C18H15BrN4O3. The lowest BCUT2D eigenvalue weighted by molar-refractivity contribution is 0.0950. The number of methoxy groups -OCH3 is 1. The smallest absolute Gasteiger partial charge is 0.289 e. The van der Waals surface area contributed by atoms with Gasteiger partial charge in [-0.15, -0.1) is 0 Å². The van der Waals surface area contributed by atoms with Gasteiger partial charge in [0.15, 0.2) is 0 Å². The number of aromatic amines is 1. The van der Waals surface area contributed by atoms with Crippen LogP contribution in [0.3, 0.4) is 0 Å². The summed E-state index contributed by atoms with van der Waals surface area (Å²) in [4.78, 5) is 12.1. The first-order chi connectivity index (χ1) is 12.6. The molecule has 0 aliphatic heterocycles. The molecule has 8 heteroatoms. The molecule has 3 aromatic rings. The average molecular weight is 415 g/mol. The third-order valence-corrected chi connectivity index (χ3v) is 4.06. The van der Waals surface area contributed by atoms with Crippen molar-refractivity contribution >= 4 is 28.1 Å². The van der Waals surface area contributed by atoms with Gasteiger partial charge in [-0.05, 0) is 48.5 Å². The van der Waals surface area contributed by atoms with E-state index in [1.165, 1.54) is 12.3 Å². The van der Waals surface area contributed by atoms with E-state index in [4.69, 9.17) is 4.74 Å². The lowest BCUT2D eigenvalue weighted by atomic mass is 10.1. The van der Waals surface area contributed by atoms with Crippen LogP contribution in [-0.4, -0.2) is 34.5 Å². The topological polar surface area (TPSA) is 99.6 Å². The van der Waals surface area contributed by atoms with E-state index in [0.717, 1.165) is 15.8 Å². The van der Waals surface area contributed by atoms with Crippen molar-refractivity contribution in [2.24, 2.45) is 5.10 Å². The first-order valence-corrected chi connectivity index (χ1v) is 8.38. The van der Waals surface area contributed by atoms with Crippen molar-refractivity contribution < 1.29 is 14.6 Å². The molecule has 0 fully saturated rings. The van der Waals surface area contributed by atoms with Crippen molar-refractivity contribution in [3.8, 4) is 22.8 Å². The molecule has 1 heterocycles. The second kappa shape index (κ2) is 7.83. The van der Waals surface area contributed by atoms with Crippen molar-refractivity contribution in [2.45, 2.75) is 0 Å². The SMILES string of the molecule is COc1ccc(-c2cc(C(=O)N/N=C\c3cc(Br)ccc3O)[nH]n2)cc1. The van der Waals surface area contributed by atoms with Crippen molar-refractivity contribution in [3.63, 3.8) is 0 Å². The molecule has 0 saturated heterocycles. The van der Waals surface area contributed by atoms with E-state index in [-0.39, 0.29) is 11.4 Å². The van der Waals surface area contributed by atoms with Gasteiger partial charge in [-0.25, -0.2) is 5.43 Å². The number of nitrogens with one attached hydrogen (secondary N) is 2. The van der Waals surface area contributed by atoms with Crippen LogP contribution < -0.4 is 10.2 Å². The Morgan fingerprint density at radius 3 is 2.77 bits per heavy atom. The number of carbonyl (C=O) groups excluding carboxylic acids is 1. The molecule has 1 aromatic heterocycles. The molecule has 0 radical (unpaired) electrons. The highest BCUT2D eigenvalue weighted by molar-refractivity contribution is 9.10. The molecule has 0 spiro atoms. The zero-order valence-corrected chi connectivity index (χ0v) is 15.3. The summed E-state index contributed by atoms with van der Waals surface area (Å²) in [7, 11) is 1.60. The van der Waals surface area contributed by atoms with Gasteiger partial charge in [0.05, 0.1) is 19.0 Å². The van der Waals surface area contributed by atoms with Crippen molar-refractivity contribution in [1.29, 1.82) is 0 Å². The first-order valence-electron chi connectivity index (χ1n) is 7.58. The molecule has 0 unspecified atom stereocenters. The lowest BCUT2D eigenvalue weighted by Gasteiger charge is -2.00. The molecular weight excluding hydrogens is 400 g/mol. The number of halogens is 1. The summed E-state index contributed by atoms with van der Waals surface area (Å²) in [6, 6.07) is 13.9. The van der Waals surface area contributed by atoms with Crippen LogP contribution in [-0.2, 0) is 0 Å². The average Bonchev–Trinajstić information content (AvgIpc) is 3.15. The predicted molar refractivity (Wildman–Crippen MR) is 101 cm³/mol. The maximum Gasteiger partial charge on any atom is 0.289 e. The molecule has 132 valence electrons. The lowest BCUT2D eigenvalue weighted by Crippen LogP contribution is -2.18. The van der Waals surface area contributed by atoms with E-state index >= 15 is 0 Å². The molecule has 0 bridgehead atoms. The van der Waals surface area contributed by atoms with E-state index in [0.29, 0.717) is 11.3 Å². The maximum atomic E-state index is 12.1. The molecule has 0 aliphatic rings. The summed E-state index contributed by atoms with van der Waals surface area (Å²) in [6.45, 7) is 0. The van der Waals surface area contributed by atoms with E-state index in [9.17, 15) is 9.90 Å². The third-order valence-electron chi connectivity index (χ3n) is 3.57. The number of aromatic hydroxyl groups is 1. The Hall–Kier alpha value is -3.13. The molecule has 1 amide bonds. The number of phenolic OH excluding ortho intramolecular Hbond substituents is 1. The van der Waals surface area contributed by atoms with Gasteiger partial charge in [-0.3, -0.25) is 9.89 Å². The van der Waals surface area contributed by atoms with Crippen LogP contribution in [0.15, 0.2) is 58.1 Å². The number of hydrogen-bond donors (Lipinski definition) is 3. The fourth-order valence-corrected chi connectivity index (χ4v) is 2.58. The van der Waals surface area contributed by atoms with Crippen LogP contribution in [0.2, 0.25) is 0 Å². The Kier molecular flexibility index (Phi) is 5.33. The molecule has 26 heavy (non-hydrogen) atoms. The minimum absolute atomic E-state index is 0.0644. The normalized spacial score (nSPS) is 10.8. The number of phenols is 1. The van der Waals surface area contributed by atoms with Gasteiger partial charge in [0, 0.05) is 15.6 Å². The summed E-state index contributed by atoms with van der Waals surface area (Å²) in [5.41, 5.74) is 4.62. The Balaban J connectivity index is 1.68. The molecule has 0 atom stereocenters. The van der Waals surface area contributed by atoms with Gasteiger partial charge < -0.3 is 9.84 Å². The maximum absolute atomic E-state index is 12.1. The third kappa shape index (κ3) is 4.09. The number of rotatable bonds is 5. The largest absolute Gasteiger partial charge is 0.507 e. The number of benzene rings is 2. The van der Waals surface area contributed by atoms with Crippen molar-refractivity contribution in [3.05, 3.63) is 64.3 Å². The number of nitrogens with zero attached hydrogens (tertiary/aromatic N) is 2. The van der Waals surface area contributed by atoms with Gasteiger partial charge in [0.1, 0.15) is 17.2 Å². The predicted octanol–water partition coefficient (Wildman–Crippen LogP) is 3.32. The first kappa shape index (κ1) is 17.7. The minimum atomic E-state index is -0.442. The summed E-state index contributed by atoms with van der Waals surface area (Å²) >= 11 is 3.31. The van der Waals surface area contributed by atoms with Gasteiger partial charge in [0.2, 0.25) is 0 Å². The molecule has 2 aromatic carbocycles. The molecule has 0 saturated carbocycles. The zero-order valence-electron chi connectivity index (χ0n) is 13.7. The van der Waals surface area contributed by atoms with Gasteiger partial charge in [-0.1, -0.05) is 15.9 Å². The van der Waals surface area contributed by atoms with Crippen LogP contribution in [0.25, 0.3) is 11.3 Å². The Morgan fingerprint density at radius 2 is 2.04 bits per heavy atom. The monoisotopic (exact) mass is 414 g/mol. The summed E-state index contributed by atoms with van der Waals surface area (Å²) < 4.78 is 5.91. The highest BCUT2D eigenvalue weighted by Gasteiger charge is 2.10. The molecule has 3 N–H and O–H groups in total. The summed E-state index contributed by atoms with van der Waals surface area (Å²) in [5.74, 6) is 0.366. The van der Waals surface area contributed by atoms with E-state index < -0.39 is 5.91 Å². The fraction of sp³-hybridized carbons (Fsp3) is 0.0556. The number of carbonyl (C=O) groups is 1. The van der Waals surface area contributed by atoms with Crippen LogP contribution in [0.4, 0.5) is 0 Å².